The molecule has 1 heterocycles. The van der Waals surface area contributed by atoms with Crippen LogP contribution in [0.3, 0.4) is 0 Å². The maximum Gasteiger partial charge on any atom is 0.221 e. The van der Waals surface area contributed by atoms with E-state index in [0.717, 1.165) is 31.7 Å². The summed E-state index contributed by atoms with van der Waals surface area (Å²) in [7, 11) is 0. The van der Waals surface area contributed by atoms with Gasteiger partial charge in [0.25, 0.3) is 0 Å². The average molecular weight is 274 g/mol. The fraction of sp³-hybridized carbons (Fsp3) is 0.818. The van der Waals surface area contributed by atoms with Crippen LogP contribution in [0.25, 0.3) is 0 Å². The number of hydrogen-bond acceptors (Lipinski definition) is 5. The summed E-state index contributed by atoms with van der Waals surface area (Å²) < 4.78 is 0. The third-order valence-corrected chi connectivity index (χ3v) is 3.61. The number of thioether (sulfide) groups is 1. The van der Waals surface area contributed by atoms with Crippen LogP contribution >= 0.6 is 11.8 Å². The molecule has 7 heteroatoms. The van der Waals surface area contributed by atoms with E-state index in [9.17, 15) is 4.79 Å². The molecule has 0 atom stereocenters. The van der Waals surface area contributed by atoms with E-state index < -0.39 is 0 Å². The van der Waals surface area contributed by atoms with Gasteiger partial charge in [-0.2, -0.15) is 11.8 Å². The molecule has 0 aromatic rings. The van der Waals surface area contributed by atoms with Crippen molar-refractivity contribution in [1.29, 1.82) is 0 Å². The zero-order chi connectivity index (χ0) is 13.4. The summed E-state index contributed by atoms with van der Waals surface area (Å²) in [5.41, 5.74) is 5.46. The van der Waals surface area contributed by atoms with Crippen molar-refractivity contribution in [2.45, 2.75) is 25.3 Å². The summed E-state index contributed by atoms with van der Waals surface area (Å²) in [6.45, 7) is 2.22. The largest absolute Gasteiger partial charge is 0.409 e. The molecular formula is C11H22N4O2S. The van der Waals surface area contributed by atoms with Gasteiger partial charge in [0, 0.05) is 31.3 Å². The Bertz CT molecular complexity index is 291. The zero-order valence-electron chi connectivity index (χ0n) is 10.8. The topological polar surface area (TPSA) is 91.0 Å². The SMILES string of the molecule is CSCCC(=O)NC1CCN(C/C(N)=N/O)CC1. The summed E-state index contributed by atoms with van der Waals surface area (Å²) in [4.78, 5) is 13.7. The van der Waals surface area contributed by atoms with E-state index in [2.05, 4.69) is 15.4 Å². The molecule has 0 bridgehead atoms. The molecule has 1 fully saturated rings. The minimum Gasteiger partial charge on any atom is -0.409 e. The summed E-state index contributed by atoms with van der Waals surface area (Å²) >= 11 is 1.68. The Hall–Kier alpha value is -0.950. The summed E-state index contributed by atoms with van der Waals surface area (Å²) in [6, 6.07) is 0.267. The number of nitrogens with zero attached hydrogens (tertiary/aromatic N) is 2. The molecule has 6 nitrogen and oxygen atoms in total. The standard InChI is InChI=1S/C11H22N4O2S/c1-18-7-4-11(16)13-9-2-5-15(6-3-9)8-10(12)14-17/h9,17H,2-8H2,1H3,(H2,12,14)(H,13,16). The van der Waals surface area contributed by atoms with E-state index in [-0.39, 0.29) is 17.8 Å². The van der Waals surface area contributed by atoms with Crippen LogP contribution in [-0.4, -0.2) is 59.5 Å². The highest BCUT2D eigenvalue weighted by Crippen LogP contribution is 2.10. The molecule has 0 radical (unpaired) electrons. The molecule has 104 valence electrons. The Labute approximate surface area is 112 Å². The first-order chi connectivity index (χ1) is 8.65. The lowest BCUT2D eigenvalue weighted by molar-refractivity contribution is -0.121. The van der Waals surface area contributed by atoms with E-state index >= 15 is 0 Å². The number of carbonyl (C=O) groups is 1. The molecule has 4 N–H and O–H groups in total. The van der Waals surface area contributed by atoms with Crippen molar-refractivity contribution in [3.05, 3.63) is 0 Å². The molecule has 1 aliphatic rings. The smallest absolute Gasteiger partial charge is 0.221 e. The minimum atomic E-state index is 0.138. The van der Waals surface area contributed by atoms with Crippen LogP contribution in [0, 0.1) is 0 Å². The Balaban J connectivity index is 2.21. The Morgan fingerprint density at radius 2 is 2.22 bits per heavy atom. The highest BCUT2D eigenvalue weighted by Gasteiger charge is 2.20. The van der Waals surface area contributed by atoms with E-state index in [1.807, 2.05) is 6.26 Å². The molecule has 0 saturated carbocycles. The van der Waals surface area contributed by atoms with Crippen molar-refractivity contribution >= 4 is 23.5 Å². The summed E-state index contributed by atoms with van der Waals surface area (Å²) in [5, 5.41) is 14.5. The van der Waals surface area contributed by atoms with Gasteiger partial charge in [-0.25, -0.2) is 0 Å². The predicted molar refractivity (Wildman–Crippen MR) is 74.0 cm³/mol. The molecule has 0 aromatic carbocycles. The second kappa shape index (κ2) is 8.20. The van der Waals surface area contributed by atoms with Crippen molar-refractivity contribution < 1.29 is 10.0 Å². The van der Waals surface area contributed by atoms with Crippen molar-refractivity contribution in [3.8, 4) is 0 Å². The number of likely N-dealkylation sites (tertiary alicyclic amines) is 1. The third-order valence-electron chi connectivity index (χ3n) is 3.00. The predicted octanol–water partition coefficient (Wildman–Crippen LogP) is 0.0665. The van der Waals surface area contributed by atoms with Gasteiger partial charge < -0.3 is 16.3 Å². The molecule has 1 saturated heterocycles. The van der Waals surface area contributed by atoms with Gasteiger partial charge in [0.1, 0.15) is 0 Å². The lowest BCUT2D eigenvalue weighted by atomic mass is 10.0. The molecule has 0 aromatic heterocycles. The molecule has 1 rings (SSSR count). The lowest BCUT2D eigenvalue weighted by Crippen LogP contribution is -2.46. The fourth-order valence-electron chi connectivity index (χ4n) is 1.99. The Kier molecular flexibility index (Phi) is 6.89. The van der Waals surface area contributed by atoms with Gasteiger partial charge in [-0.1, -0.05) is 5.16 Å². The summed E-state index contributed by atoms with van der Waals surface area (Å²) in [5.74, 6) is 1.24. The molecule has 1 aliphatic heterocycles. The van der Waals surface area contributed by atoms with Gasteiger partial charge in [-0.3, -0.25) is 9.69 Å². The van der Waals surface area contributed by atoms with Crippen LogP contribution in [0.1, 0.15) is 19.3 Å². The Morgan fingerprint density at radius 3 is 2.78 bits per heavy atom. The van der Waals surface area contributed by atoms with Gasteiger partial charge >= 0.3 is 0 Å². The first-order valence-electron chi connectivity index (χ1n) is 6.12. The molecule has 0 spiro atoms. The van der Waals surface area contributed by atoms with Gasteiger partial charge in [0.05, 0.1) is 6.54 Å². The summed E-state index contributed by atoms with van der Waals surface area (Å²) in [6.07, 6.45) is 4.43. The van der Waals surface area contributed by atoms with Crippen LogP contribution in [-0.2, 0) is 4.79 Å². The molecular weight excluding hydrogens is 252 g/mol. The maximum atomic E-state index is 11.6. The third kappa shape index (κ3) is 5.59. The van der Waals surface area contributed by atoms with Crippen LogP contribution in [0.4, 0.5) is 0 Å². The monoisotopic (exact) mass is 274 g/mol. The van der Waals surface area contributed by atoms with Crippen molar-refractivity contribution in [3.63, 3.8) is 0 Å². The zero-order valence-corrected chi connectivity index (χ0v) is 11.6. The normalized spacial score (nSPS) is 18.8. The van der Waals surface area contributed by atoms with Gasteiger partial charge in [-0.15, -0.1) is 0 Å². The van der Waals surface area contributed by atoms with E-state index in [1.54, 1.807) is 11.8 Å². The minimum absolute atomic E-state index is 0.138. The first-order valence-corrected chi connectivity index (χ1v) is 7.52. The second-order valence-electron chi connectivity index (χ2n) is 4.45. The first kappa shape index (κ1) is 15.1. The fourth-order valence-corrected chi connectivity index (χ4v) is 2.38. The number of rotatable bonds is 6. The lowest BCUT2D eigenvalue weighted by Gasteiger charge is -2.31. The number of carbonyl (C=O) groups excluding carboxylic acids is 1. The van der Waals surface area contributed by atoms with Crippen LogP contribution < -0.4 is 11.1 Å². The molecule has 1 amide bonds. The molecule has 0 unspecified atom stereocenters. The highest BCUT2D eigenvalue weighted by molar-refractivity contribution is 7.98. The van der Waals surface area contributed by atoms with Gasteiger partial charge in [0.15, 0.2) is 5.84 Å². The van der Waals surface area contributed by atoms with Crippen molar-refractivity contribution in [1.82, 2.24) is 10.2 Å². The number of amides is 1. The van der Waals surface area contributed by atoms with Crippen LogP contribution in [0.5, 0.6) is 0 Å². The number of oxime groups is 1. The number of amidine groups is 1. The number of hydrogen-bond donors (Lipinski definition) is 3. The van der Waals surface area contributed by atoms with Crippen molar-refractivity contribution in [2.24, 2.45) is 10.9 Å². The number of nitrogens with one attached hydrogen (secondary N) is 1. The molecule has 0 aliphatic carbocycles. The van der Waals surface area contributed by atoms with E-state index in [1.165, 1.54) is 0 Å². The second-order valence-corrected chi connectivity index (χ2v) is 5.44. The Morgan fingerprint density at radius 1 is 1.56 bits per heavy atom. The van der Waals surface area contributed by atoms with E-state index in [4.69, 9.17) is 10.9 Å². The highest BCUT2D eigenvalue weighted by atomic mass is 32.2. The van der Waals surface area contributed by atoms with Crippen LogP contribution in [0.2, 0.25) is 0 Å². The average Bonchev–Trinajstić information content (AvgIpc) is 2.38. The van der Waals surface area contributed by atoms with Crippen LogP contribution in [0.15, 0.2) is 5.16 Å². The maximum absolute atomic E-state index is 11.6. The number of piperidine rings is 1. The van der Waals surface area contributed by atoms with Crippen molar-refractivity contribution in [2.75, 3.05) is 31.6 Å². The van der Waals surface area contributed by atoms with Gasteiger partial charge in [-0.05, 0) is 19.1 Å². The van der Waals surface area contributed by atoms with Gasteiger partial charge in [0.2, 0.25) is 5.91 Å². The number of nitrogens with two attached hydrogens (primary N) is 1. The molecule has 18 heavy (non-hydrogen) atoms. The quantitative estimate of drug-likeness (QED) is 0.276. The van der Waals surface area contributed by atoms with E-state index in [0.29, 0.717) is 13.0 Å².